The zero-order valence-electron chi connectivity index (χ0n) is 12.8. The number of hydrogen-bond acceptors (Lipinski definition) is 3. The molecule has 5 nitrogen and oxygen atoms in total. The Morgan fingerprint density at radius 1 is 1.41 bits per heavy atom. The van der Waals surface area contributed by atoms with Crippen LogP contribution in [0, 0.1) is 5.82 Å². The van der Waals surface area contributed by atoms with Crippen LogP contribution in [0.2, 0.25) is 0 Å². The molecule has 0 fully saturated rings. The maximum atomic E-state index is 14.1. The largest absolute Gasteiger partial charge is 0.359 e. The van der Waals surface area contributed by atoms with Crippen molar-refractivity contribution in [2.75, 3.05) is 18.8 Å². The molecule has 0 saturated heterocycles. The molecule has 1 aromatic rings. The summed E-state index contributed by atoms with van der Waals surface area (Å²) in [4.78, 5) is 10.2. The van der Waals surface area contributed by atoms with Crippen LogP contribution in [0.15, 0.2) is 18.2 Å². The highest BCUT2D eigenvalue weighted by molar-refractivity contribution is 7.89. The predicted octanol–water partition coefficient (Wildman–Crippen LogP) is 1.38. The van der Waals surface area contributed by atoms with Crippen LogP contribution in [-0.2, 0) is 26.8 Å². The van der Waals surface area contributed by atoms with Crippen LogP contribution in [0.3, 0.4) is 0 Å². The molecule has 0 bridgehead atoms. The summed E-state index contributed by atoms with van der Waals surface area (Å²) in [5.74, 6) is -0.316. The fourth-order valence-electron chi connectivity index (χ4n) is 2.97. The second-order valence-corrected chi connectivity index (χ2v) is 8.26. The first-order chi connectivity index (χ1) is 10.3. The molecule has 22 heavy (non-hydrogen) atoms. The lowest BCUT2D eigenvalue weighted by molar-refractivity contribution is -0.109. The zero-order chi connectivity index (χ0) is 16.4. The Balaban J connectivity index is 2.20. The van der Waals surface area contributed by atoms with Gasteiger partial charge in [-0.1, -0.05) is 26.0 Å². The Labute approximate surface area is 130 Å². The van der Waals surface area contributed by atoms with Gasteiger partial charge in [0, 0.05) is 25.0 Å². The standard InChI is InChI=1S/C15H21FN2O3S/c1-15(2)10-18(22(20,21)8-4-7-17-11-19)9-12-5-3-6-13(16)14(12)15/h3,5-6,11H,4,7-10H2,1-2H3,(H,17,19). The number of halogens is 1. The number of sulfonamides is 1. The highest BCUT2D eigenvalue weighted by Gasteiger charge is 2.38. The Kier molecular flexibility index (Phi) is 4.87. The van der Waals surface area contributed by atoms with E-state index in [0.29, 0.717) is 30.5 Å². The van der Waals surface area contributed by atoms with Gasteiger partial charge in [-0.25, -0.2) is 12.8 Å². The number of fused-ring (bicyclic) bond motifs is 1. The molecule has 1 amide bonds. The third kappa shape index (κ3) is 3.47. The number of rotatable bonds is 6. The third-order valence-corrected chi connectivity index (χ3v) is 5.74. The number of hydrogen-bond donors (Lipinski definition) is 1. The summed E-state index contributed by atoms with van der Waals surface area (Å²) in [6.07, 6.45) is 0.906. The molecule has 2 rings (SSSR count). The normalized spacial score (nSPS) is 17.8. The van der Waals surface area contributed by atoms with Crippen molar-refractivity contribution >= 4 is 16.4 Å². The van der Waals surface area contributed by atoms with E-state index >= 15 is 0 Å². The molecule has 1 aromatic carbocycles. The molecule has 0 spiro atoms. The zero-order valence-corrected chi connectivity index (χ0v) is 13.6. The lowest BCUT2D eigenvalue weighted by atomic mass is 9.79. The van der Waals surface area contributed by atoms with Crippen LogP contribution in [0.4, 0.5) is 4.39 Å². The van der Waals surface area contributed by atoms with Crippen LogP contribution in [-0.4, -0.2) is 38.0 Å². The van der Waals surface area contributed by atoms with Crippen molar-refractivity contribution in [1.82, 2.24) is 9.62 Å². The van der Waals surface area contributed by atoms with Crippen molar-refractivity contribution in [1.29, 1.82) is 0 Å². The van der Waals surface area contributed by atoms with E-state index in [4.69, 9.17) is 0 Å². The molecule has 0 aromatic heterocycles. The molecule has 1 aliphatic rings. The van der Waals surface area contributed by atoms with Crippen LogP contribution in [0.25, 0.3) is 0 Å². The van der Waals surface area contributed by atoms with E-state index < -0.39 is 15.4 Å². The lowest BCUT2D eigenvalue weighted by Crippen LogP contribution is -2.46. The highest BCUT2D eigenvalue weighted by atomic mass is 32.2. The van der Waals surface area contributed by atoms with Gasteiger partial charge >= 0.3 is 0 Å². The molecule has 0 radical (unpaired) electrons. The number of carbonyl (C=O) groups is 1. The van der Waals surface area contributed by atoms with Gasteiger partial charge in [0.25, 0.3) is 0 Å². The lowest BCUT2D eigenvalue weighted by Gasteiger charge is -2.39. The minimum Gasteiger partial charge on any atom is -0.359 e. The van der Waals surface area contributed by atoms with E-state index in [9.17, 15) is 17.6 Å². The van der Waals surface area contributed by atoms with Gasteiger partial charge in [-0.2, -0.15) is 4.31 Å². The maximum absolute atomic E-state index is 14.1. The van der Waals surface area contributed by atoms with E-state index in [-0.39, 0.29) is 24.7 Å². The summed E-state index contributed by atoms with van der Waals surface area (Å²) in [5, 5.41) is 2.45. The minimum absolute atomic E-state index is 0.0332. The molecule has 0 saturated carbocycles. The number of nitrogens with one attached hydrogen (secondary N) is 1. The second-order valence-electron chi connectivity index (χ2n) is 6.17. The quantitative estimate of drug-likeness (QED) is 0.634. The van der Waals surface area contributed by atoms with E-state index in [0.717, 1.165) is 0 Å². The highest BCUT2D eigenvalue weighted by Crippen LogP contribution is 2.36. The third-order valence-electron chi connectivity index (χ3n) is 3.90. The fraction of sp³-hybridized carbons (Fsp3) is 0.533. The first-order valence-corrected chi connectivity index (χ1v) is 8.81. The number of amides is 1. The van der Waals surface area contributed by atoms with Gasteiger partial charge in [0.05, 0.1) is 5.75 Å². The van der Waals surface area contributed by atoms with Crippen molar-refractivity contribution < 1.29 is 17.6 Å². The molecule has 122 valence electrons. The summed E-state index contributed by atoms with van der Waals surface area (Å²) in [7, 11) is -3.44. The van der Waals surface area contributed by atoms with Crippen molar-refractivity contribution in [3.05, 3.63) is 35.1 Å². The average molecular weight is 328 g/mol. The molecule has 1 N–H and O–H groups in total. The van der Waals surface area contributed by atoms with Gasteiger partial charge < -0.3 is 5.32 Å². The molecule has 0 atom stereocenters. The van der Waals surface area contributed by atoms with Crippen molar-refractivity contribution in [3.63, 3.8) is 0 Å². The van der Waals surface area contributed by atoms with Crippen molar-refractivity contribution in [3.8, 4) is 0 Å². The number of benzene rings is 1. The second kappa shape index (κ2) is 6.34. The number of nitrogens with zero attached hydrogens (tertiary/aromatic N) is 1. The van der Waals surface area contributed by atoms with Crippen LogP contribution in [0.1, 0.15) is 31.4 Å². The van der Waals surface area contributed by atoms with E-state index in [1.807, 2.05) is 13.8 Å². The van der Waals surface area contributed by atoms with E-state index in [1.54, 1.807) is 12.1 Å². The van der Waals surface area contributed by atoms with Gasteiger partial charge in [0.1, 0.15) is 5.82 Å². The average Bonchev–Trinajstić information content (AvgIpc) is 2.42. The summed E-state index contributed by atoms with van der Waals surface area (Å²) in [6, 6.07) is 4.79. The molecule has 0 aliphatic carbocycles. The Bertz CT molecular complexity index is 659. The van der Waals surface area contributed by atoms with Gasteiger partial charge in [-0.3, -0.25) is 4.79 Å². The molecule has 7 heteroatoms. The first-order valence-electron chi connectivity index (χ1n) is 7.21. The maximum Gasteiger partial charge on any atom is 0.214 e. The van der Waals surface area contributed by atoms with Gasteiger partial charge in [0.15, 0.2) is 0 Å². The summed E-state index contributed by atoms with van der Waals surface area (Å²) in [6.45, 7) is 4.48. The minimum atomic E-state index is -3.44. The Morgan fingerprint density at radius 3 is 2.82 bits per heavy atom. The van der Waals surface area contributed by atoms with Crippen LogP contribution >= 0.6 is 0 Å². The molecule has 1 aliphatic heterocycles. The molecular weight excluding hydrogens is 307 g/mol. The topological polar surface area (TPSA) is 66.5 Å². The molecular formula is C15H21FN2O3S. The smallest absolute Gasteiger partial charge is 0.214 e. The molecule has 0 unspecified atom stereocenters. The summed E-state index contributed by atoms with van der Waals surface area (Å²) < 4.78 is 40.4. The number of carbonyl (C=O) groups excluding carboxylic acids is 1. The molecule has 1 heterocycles. The Morgan fingerprint density at radius 2 is 2.14 bits per heavy atom. The predicted molar refractivity (Wildman–Crippen MR) is 82.3 cm³/mol. The van der Waals surface area contributed by atoms with E-state index in [2.05, 4.69) is 5.32 Å². The summed E-state index contributed by atoms with van der Waals surface area (Å²) in [5.41, 5.74) is 0.738. The monoisotopic (exact) mass is 328 g/mol. The van der Waals surface area contributed by atoms with Gasteiger partial charge in [-0.05, 0) is 23.6 Å². The Hall–Kier alpha value is -1.47. The van der Waals surface area contributed by atoms with Gasteiger partial charge in [-0.15, -0.1) is 0 Å². The van der Waals surface area contributed by atoms with E-state index in [1.165, 1.54) is 10.4 Å². The van der Waals surface area contributed by atoms with Gasteiger partial charge in [0.2, 0.25) is 16.4 Å². The van der Waals surface area contributed by atoms with Crippen LogP contribution < -0.4 is 5.32 Å². The van der Waals surface area contributed by atoms with Crippen LogP contribution in [0.5, 0.6) is 0 Å². The fourth-order valence-corrected chi connectivity index (χ4v) is 4.59. The van der Waals surface area contributed by atoms with Crippen molar-refractivity contribution in [2.24, 2.45) is 0 Å². The SMILES string of the molecule is CC1(C)CN(S(=O)(=O)CCCNC=O)Cc2cccc(F)c21. The van der Waals surface area contributed by atoms with Crippen molar-refractivity contribution in [2.45, 2.75) is 32.2 Å². The summed E-state index contributed by atoms with van der Waals surface area (Å²) >= 11 is 0. The first kappa shape index (κ1) is 16.9.